The number of nitrogens with one attached hydrogen (secondary N) is 2. The van der Waals surface area contributed by atoms with Gasteiger partial charge >= 0.3 is 0 Å². The minimum absolute atomic E-state index is 0.142. The highest BCUT2D eigenvalue weighted by Gasteiger charge is 2.28. The van der Waals surface area contributed by atoms with E-state index in [-0.39, 0.29) is 16.8 Å². The fraction of sp³-hybridized carbons (Fsp3) is 0.462. The second kappa shape index (κ2) is 5.90. The molecule has 1 atom stereocenters. The highest BCUT2D eigenvalue weighted by atomic mass is 32.2. The summed E-state index contributed by atoms with van der Waals surface area (Å²) in [5.41, 5.74) is 0.445. The number of carbonyl (C=O) groups is 1. The maximum absolute atomic E-state index is 12.5. The molecule has 0 saturated carbocycles. The molecule has 6 nitrogen and oxygen atoms in total. The van der Waals surface area contributed by atoms with Crippen molar-refractivity contribution >= 4 is 15.9 Å². The number of nitrogens with zero attached hydrogens (tertiary/aromatic N) is 1. The van der Waals surface area contributed by atoms with E-state index in [0.717, 1.165) is 0 Å². The molecule has 0 aromatic heterocycles. The summed E-state index contributed by atoms with van der Waals surface area (Å²) < 4.78 is 26.4. The number of amides is 1. The lowest BCUT2D eigenvalue weighted by Crippen LogP contribution is -2.51. The molecule has 2 rings (SSSR count). The summed E-state index contributed by atoms with van der Waals surface area (Å²) in [4.78, 5) is 11.7. The van der Waals surface area contributed by atoms with Crippen molar-refractivity contribution < 1.29 is 13.2 Å². The summed E-state index contributed by atoms with van der Waals surface area (Å²) in [7, 11) is -1.95. The van der Waals surface area contributed by atoms with Gasteiger partial charge in [0, 0.05) is 38.3 Å². The van der Waals surface area contributed by atoms with Gasteiger partial charge in [-0.2, -0.15) is 4.31 Å². The number of hydrogen-bond acceptors (Lipinski definition) is 4. The fourth-order valence-corrected chi connectivity index (χ4v) is 3.72. The molecule has 1 saturated heterocycles. The van der Waals surface area contributed by atoms with Crippen LogP contribution in [0.5, 0.6) is 0 Å². The van der Waals surface area contributed by atoms with Crippen LogP contribution in [0, 0.1) is 0 Å². The molecule has 0 bridgehead atoms. The van der Waals surface area contributed by atoms with Crippen molar-refractivity contribution in [1.29, 1.82) is 0 Å². The molecule has 0 aliphatic carbocycles. The molecule has 2 N–H and O–H groups in total. The highest BCUT2D eigenvalue weighted by Crippen LogP contribution is 2.18. The van der Waals surface area contributed by atoms with Gasteiger partial charge in [-0.05, 0) is 31.2 Å². The molecule has 1 amide bonds. The van der Waals surface area contributed by atoms with Gasteiger partial charge in [0.05, 0.1) is 4.90 Å². The Balaban J connectivity index is 2.23. The van der Waals surface area contributed by atoms with Crippen LogP contribution in [-0.2, 0) is 10.0 Å². The summed E-state index contributed by atoms with van der Waals surface area (Å²) in [6.45, 7) is 3.52. The van der Waals surface area contributed by atoms with Crippen LogP contribution < -0.4 is 10.6 Å². The predicted octanol–water partition coefficient (Wildman–Crippen LogP) is 0.0286. The van der Waals surface area contributed by atoms with E-state index in [2.05, 4.69) is 10.6 Å². The van der Waals surface area contributed by atoms with Crippen LogP contribution in [0.2, 0.25) is 0 Å². The van der Waals surface area contributed by atoms with E-state index in [4.69, 9.17) is 0 Å². The summed E-state index contributed by atoms with van der Waals surface area (Å²) in [5.74, 6) is -0.232. The number of hydrogen-bond donors (Lipinski definition) is 2. The third-order valence-corrected chi connectivity index (χ3v) is 5.19. The lowest BCUT2D eigenvalue weighted by Gasteiger charge is -2.31. The summed E-state index contributed by atoms with van der Waals surface area (Å²) in [6.07, 6.45) is 0. The van der Waals surface area contributed by atoms with Crippen LogP contribution in [0.25, 0.3) is 0 Å². The molecule has 20 heavy (non-hydrogen) atoms. The molecule has 1 fully saturated rings. The van der Waals surface area contributed by atoms with Crippen LogP contribution in [0.15, 0.2) is 29.2 Å². The molecule has 1 aliphatic rings. The second-order valence-electron chi connectivity index (χ2n) is 4.82. The Morgan fingerprint density at radius 1 is 1.35 bits per heavy atom. The van der Waals surface area contributed by atoms with Crippen molar-refractivity contribution in [3.63, 3.8) is 0 Å². The van der Waals surface area contributed by atoms with E-state index in [1.807, 2.05) is 6.92 Å². The first kappa shape index (κ1) is 15.0. The highest BCUT2D eigenvalue weighted by molar-refractivity contribution is 7.89. The van der Waals surface area contributed by atoms with Gasteiger partial charge in [-0.25, -0.2) is 8.42 Å². The minimum Gasteiger partial charge on any atom is -0.355 e. The Hall–Kier alpha value is -1.44. The van der Waals surface area contributed by atoms with Gasteiger partial charge in [0.1, 0.15) is 0 Å². The van der Waals surface area contributed by atoms with Gasteiger partial charge in [-0.15, -0.1) is 0 Å². The van der Waals surface area contributed by atoms with E-state index < -0.39 is 10.0 Å². The lowest BCUT2D eigenvalue weighted by molar-refractivity contribution is 0.0963. The zero-order chi connectivity index (χ0) is 14.8. The van der Waals surface area contributed by atoms with Gasteiger partial charge in [0.2, 0.25) is 10.0 Å². The third-order valence-electron chi connectivity index (χ3n) is 3.31. The van der Waals surface area contributed by atoms with Crippen molar-refractivity contribution in [2.75, 3.05) is 26.7 Å². The maximum atomic E-state index is 12.5. The maximum Gasteiger partial charge on any atom is 0.251 e. The fourth-order valence-electron chi connectivity index (χ4n) is 2.19. The van der Waals surface area contributed by atoms with Gasteiger partial charge < -0.3 is 10.6 Å². The normalized spacial score (nSPS) is 20.6. The zero-order valence-corrected chi connectivity index (χ0v) is 12.4. The Bertz CT molecular complexity index is 583. The molecule has 0 unspecified atom stereocenters. The first-order chi connectivity index (χ1) is 9.45. The van der Waals surface area contributed by atoms with Crippen molar-refractivity contribution in [2.24, 2.45) is 0 Å². The zero-order valence-electron chi connectivity index (χ0n) is 11.6. The van der Waals surface area contributed by atoms with Crippen molar-refractivity contribution in [3.05, 3.63) is 29.8 Å². The van der Waals surface area contributed by atoms with Crippen LogP contribution in [0.1, 0.15) is 17.3 Å². The minimum atomic E-state index is -3.48. The predicted molar refractivity (Wildman–Crippen MR) is 76.1 cm³/mol. The summed E-state index contributed by atoms with van der Waals surface area (Å²) in [6, 6.07) is 6.15. The molecular weight excluding hydrogens is 278 g/mol. The average Bonchev–Trinajstić information content (AvgIpc) is 2.46. The molecular formula is C13H19N3O3S. The van der Waals surface area contributed by atoms with Crippen LogP contribution >= 0.6 is 0 Å². The smallest absolute Gasteiger partial charge is 0.251 e. The summed E-state index contributed by atoms with van der Waals surface area (Å²) in [5, 5.41) is 5.71. The number of sulfonamides is 1. The van der Waals surface area contributed by atoms with Gasteiger partial charge in [0.25, 0.3) is 5.91 Å². The van der Waals surface area contributed by atoms with Crippen LogP contribution in [0.4, 0.5) is 0 Å². The number of piperazine rings is 1. The molecule has 0 radical (unpaired) electrons. The molecule has 1 aromatic carbocycles. The Morgan fingerprint density at radius 3 is 2.55 bits per heavy atom. The first-order valence-corrected chi connectivity index (χ1v) is 7.95. The monoisotopic (exact) mass is 297 g/mol. The Labute approximate surface area is 119 Å². The SMILES string of the molecule is CNC(=O)c1ccc(S(=O)(=O)N2CCN[C@H](C)C2)cc1. The van der Waals surface area contributed by atoms with E-state index in [0.29, 0.717) is 25.2 Å². The molecule has 110 valence electrons. The van der Waals surface area contributed by atoms with Gasteiger partial charge in [-0.3, -0.25) is 4.79 Å². The van der Waals surface area contributed by atoms with Crippen molar-refractivity contribution in [2.45, 2.75) is 17.9 Å². The molecule has 1 heterocycles. The molecule has 0 spiro atoms. The molecule has 1 aliphatic heterocycles. The largest absolute Gasteiger partial charge is 0.355 e. The van der Waals surface area contributed by atoms with E-state index in [1.165, 1.54) is 35.6 Å². The van der Waals surface area contributed by atoms with E-state index in [9.17, 15) is 13.2 Å². The van der Waals surface area contributed by atoms with Gasteiger partial charge in [-0.1, -0.05) is 0 Å². The molecule has 7 heteroatoms. The van der Waals surface area contributed by atoms with Crippen molar-refractivity contribution in [1.82, 2.24) is 14.9 Å². The molecule has 1 aromatic rings. The lowest BCUT2D eigenvalue weighted by atomic mass is 10.2. The Morgan fingerprint density at radius 2 is 2.00 bits per heavy atom. The first-order valence-electron chi connectivity index (χ1n) is 6.51. The number of rotatable bonds is 3. The van der Waals surface area contributed by atoms with Crippen LogP contribution in [-0.4, -0.2) is 51.4 Å². The second-order valence-corrected chi connectivity index (χ2v) is 6.76. The average molecular weight is 297 g/mol. The number of benzene rings is 1. The quantitative estimate of drug-likeness (QED) is 0.825. The van der Waals surface area contributed by atoms with Crippen LogP contribution in [0.3, 0.4) is 0 Å². The topological polar surface area (TPSA) is 78.5 Å². The van der Waals surface area contributed by atoms with Crippen molar-refractivity contribution in [3.8, 4) is 0 Å². The number of carbonyl (C=O) groups excluding carboxylic acids is 1. The summed E-state index contributed by atoms with van der Waals surface area (Å²) >= 11 is 0. The Kier molecular flexibility index (Phi) is 4.42. The third kappa shape index (κ3) is 3.00. The van der Waals surface area contributed by atoms with Gasteiger partial charge in [0.15, 0.2) is 0 Å². The standard InChI is InChI=1S/C13H19N3O3S/c1-10-9-16(8-7-15-10)20(18,19)12-5-3-11(4-6-12)13(17)14-2/h3-6,10,15H,7-9H2,1-2H3,(H,14,17)/t10-/m1/s1. The van der Waals surface area contributed by atoms with E-state index >= 15 is 0 Å². The van der Waals surface area contributed by atoms with E-state index in [1.54, 1.807) is 0 Å².